The van der Waals surface area contributed by atoms with Crippen LogP contribution in [-0.4, -0.2) is 45.8 Å². The minimum Gasteiger partial charge on any atom is -0.373 e. The Labute approximate surface area is 195 Å². The predicted molar refractivity (Wildman–Crippen MR) is 130 cm³/mol. The maximum Gasteiger partial charge on any atom is 0.319 e. The van der Waals surface area contributed by atoms with Crippen molar-refractivity contribution in [1.29, 1.82) is 0 Å². The van der Waals surface area contributed by atoms with Crippen LogP contribution in [0.4, 0.5) is 10.5 Å². The van der Waals surface area contributed by atoms with Crippen LogP contribution in [0.3, 0.4) is 0 Å². The zero-order valence-corrected chi connectivity index (χ0v) is 19.4. The highest BCUT2D eigenvalue weighted by atomic mass is 16.5. The normalized spacial score (nSPS) is 18.7. The van der Waals surface area contributed by atoms with E-state index in [-0.39, 0.29) is 18.2 Å². The monoisotopic (exact) mass is 447 g/mol. The van der Waals surface area contributed by atoms with Crippen molar-refractivity contribution in [3.63, 3.8) is 0 Å². The van der Waals surface area contributed by atoms with Crippen LogP contribution in [0, 0.1) is 0 Å². The van der Waals surface area contributed by atoms with Crippen LogP contribution in [0.25, 0.3) is 0 Å². The van der Waals surface area contributed by atoms with Gasteiger partial charge in [-0.1, -0.05) is 48.5 Å². The molecule has 7 heteroatoms. The van der Waals surface area contributed by atoms with Crippen molar-refractivity contribution < 1.29 is 9.53 Å². The first-order chi connectivity index (χ1) is 16.1. The molecule has 3 aromatic rings. The maximum atomic E-state index is 12.7. The fraction of sp³-hybridized carbons (Fsp3) is 0.385. The fourth-order valence-electron chi connectivity index (χ4n) is 4.37. The zero-order chi connectivity index (χ0) is 23.0. The third-order valence-electron chi connectivity index (χ3n) is 5.85. The molecule has 1 aliphatic heterocycles. The van der Waals surface area contributed by atoms with E-state index in [9.17, 15) is 4.79 Å². The van der Waals surface area contributed by atoms with Gasteiger partial charge >= 0.3 is 6.03 Å². The van der Waals surface area contributed by atoms with Gasteiger partial charge in [0.1, 0.15) is 5.82 Å². The van der Waals surface area contributed by atoms with Gasteiger partial charge in [0.25, 0.3) is 0 Å². The maximum absolute atomic E-state index is 12.7. The molecule has 4 rings (SSSR count). The summed E-state index contributed by atoms with van der Waals surface area (Å²) in [4.78, 5) is 19.4. The van der Waals surface area contributed by atoms with Crippen LogP contribution in [0.5, 0.6) is 0 Å². The Balaban J connectivity index is 1.31. The van der Waals surface area contributed by atoms with Crippen molar-refractivity contribution in [2.45, 2.75) is 52.1 Å². The van der Waals surface area contributed by atoms with E-state index in [2.05, 4.69) is 57.1 Å². The Morgan fingerprint density at radius 1 is 1.06 bits per heavy atom. The van der Waals surface area contributed by atoms with Crippen molar-refractivity contribution in [1.82, 2.24) is 19.8 Å². The second-order valence-corrected chi connectivity index (χ2v) is 8.69. The number of para-hydroxylation sites is 1. The number of hydrogen-bond acceptors (Lipinski definition) is 4. The molecule has 174 valence electrons. The van der Waals surface area contributed by atoms with E-state index >= 15 is 0 Å². The number of hydrogen-bond donors (Lipinski definition) is 2. The summed E-state index contributed by atoms with van der Waals surface area (Å²) >= 11 is 0. The minimum absolute atomic E-state index is 0.211. The lowest BCUT2D eigenvalue weighted by Crippen LogP contribution is -2.44. The average molecular weight is 448 g/mol. The lowest BCUT2D eigenvalue weighted by Gasteiger charge is -2.35. The van der Waals surface area contributed by atoms with E-state index in [1.165, 1.54) is 5.56 Å². The van der Waals surface area contributed by atoms with Gasteiger partial charge in [-0.25, -0.2) is 9.78 Å². The van der Waals surface area contributed by atoms with Gasteiger partial charge in [0.15, 0.2) is 0 Å². The quantitative estimate of drug-likeness (QED) is 0.546. The molecule has 33 heavy (non-hydrogen) atoms. The van der Waals surface area contributed by atoms with Gasteiger partial charge in [-0.05, 0) is 37.5 Å². The number of imidazole rings is 1. The zero-order valence-electron chi connectivity index (χ0n) is 19.4. The highest BCUT2D eigenvalue weighted by Gasteiger charge is 2.22. The minimum atomic E-state index is -0.233. The molecule has 2 aromatic carbocycles. The van der Waals surface area contributed by atoms with Crippen LogP contribution in [0.2, 0.25) is 0 Å². The first-order valence-corrected chi connectivity index (χ1v) is 11.6. The SMILES string of the molecule is CC1CN(Cc2ccccc2NC(=O)NCc2nccn2CCc2ccccc2)CC(C)O1. The van der Waals surface area contributed by atoms with Gasteiger partial charge in [-0.2, -0.15) is 0 Å². The molecule has 1 fully saturated rings. The molecule has 1 aliphatic rings. The molecule has 2 heterocycles. The van der Waals surface area contributed by atoms with E-state index in [1.54, 1.807) is 6.20 Å². The van der Waals surface area contributed by atoms with Gasteiger partial charge < -0.3 is 19.9 Å². The molecule has 0 aliphatic carbocycles. The molecule has 7 nitrogen and oxygen atoms in total. The molecule has 0 radical (unpaired) electrons. The number of carbonyl (C=O) groups is 1. The molecular formula is C26H33N5O2. The number of benzene rings is 2. The smallest absolute Gasteiger partial charge is 0.319 e. The summed E-state index contributed by atoms with van der Waals surface area (Å²) in [6.07, 6.45) is 5.07. The summed E-state index contributed by atoms with van der Waals surface area (Å²) in [6.45, 7) is 7.94. The number of nitrogens with zero attached hydrogens (tertiary/aromatic N) is 3. The van der Waals surface area contributed by atoms with Gasteiger partial charge in [0, 0.05) is 44.3 Å². The van der Waals surface area contributed by atoms with Gasteiger partial charge in [-0.15, -0.1) is 0 Å². The van der Waals surface area contributed by atoms with E-state index in [0.29, 0.717) is 6.54 Å². The first-order valence-electron chi connectivity index (χ1n) is 11.6. The van der Waals surface area contributed by atoms with E-state index in [4.69, 9.17) is 4.74 Å². The Hall–Kier alpha value is -3.16. The second-order valence-electron chi connectivity index (χ2n) is 8.69. The Morgan fingerprint density at radius 3 is 2.58 bits per heavy atom. The summed E-state index contributed by atoms with van der Waals surface area (Å²) in [5.41, 5.74) is 3.20. The highest BCUT2D eigenvalue weighted by Crippen LogP contribution is 2.20. The summed E-state index contributed by atoms with van der Waals surface area (Å²) < 4.78 is 7.92. The molecule has 2 N–H and O–H groups in total. The Morgan fingerprint density at radius 2 is 1.79 bits per heavy atom. The number of anilines is 1. The third kappa shape index (κ3) is 6.66. The number of morpholine rings is 1. The topological polar surface area (TPSA) is 71.4 Å². The number of nitrogens with one attached hydrogen (secondary N) is 2. The molecule has 0 spiro atoms. The average Bonchev–Trinajstić information content (AvgIpc) is 3.25. The van der Waals surface area contributed by atoms with Gasteiger partial charge in [-0.3, -0.25) is 4.90 Å². The number of amides is 2. The molecule has 2 amide bonds. The van der Waals surface area contributed by atoms with Crippen LogP contribution in [0.1, 0.15) is 30.8 Å². The van der Waals surface area contributed by atoms with Crippen molar-refractivity contribution in [2.24, 2.45) is 0 Å². The Kier molecular flexibility index (Phi) is 7.75. The van der Waals surface area contributed by atoms with Crippen molar-refractivity contribution >= 4 is 11.7 Å². The van der Waals surface area contributed by atoms with Crippen LogP contribution in [0.15, 0.2) is 67.0 Å². The summed E-state index contributed by atoms with van der Waals surface area (Å²) in [5.74, 6) is 0.839. The van der Waals surface area contributed by atoms with Crippen molar-refractivity contribution in [3.05, 3.63) is 83.9 Å². The van der Waals surface area contributed by atoms with E-state index in [0.717, 1.165) is 49.7 Å². The van der Waals surface area contributed by atoms with Gasteiger partial charge in [0.2, 0.25) is 0 Å². The second kappa shape index (κ2) is 11.1. The summed E-state index contributed by atoms with van der Waals surface area (Å²) in [5, 5.41) is 5.97. The van der Waals surface area contributed by atoms with Crippen molar-refractivity contribution in [3.8, 4) is 0 Å². The van der Waals surface area contributed by atoms with E-state index < -0.39 is 0 Å². The lowest BCUT2D eigenvalue weighted by atomic mass is 10.1. The molecule has 2 unspecified atom stereocenters. The third-order valence-corrected chi connectivity index (χ3v) is 5.85. The number of rotatable bonds is 8. The largest absolute Gasteiger partial charge is 0.373 e. The fourth-order valence-corrected chi connectivity index (χ4v) is 4.37. The number of carbonyl (C=O) groups excluding carboxylic acids is 1. The number of aryl methyl sites for hydroxylation is 2. The highest BCUT2D eigenvalue weighted by molar-refractivity contribution is 5.90. The molecule has 0 saturated carbocycles. The van der Waals surface area contributed by atoms with Crippen LogP contribution < -0.4 is 10.6 Å². The standard InChI is InChI=1S/C26H33N5O2/c1-20-17-30(18-21(2)33-20)19-23-10-6-7-11-24(23)29-26(32)28-16-25-27-13-15-31(25)14-12-22-8-4-3-5-9-22/h3-11,13,15,20-21H,12,14,16-19H2,1-2H3,(H2,28,29,32). The van der Waals surface area contributed by atoms with Crippen molar-refractivity contribution in [2.75, 3.05) is 18.4 Å². The molecule has 1 saturated heterocycles. The first kappa shape index (κ1) is 23.0. The lowest BCUT2D eigenvalue weighted by molar-refractivity contribution is -0.0704. The number of ether oxygens (including phenoxy) is 1. The molecule has 1 aromatic heterocycles. The molecule has 0 bridgehead atoms. The van der Waals surface area contributed by atoms with Crippen LogP contribution >= 0.6 is 0 Å². The summed E-state index contributed by atoms with van der Waals surface area (Å²) in [7, 11) is 0. The summed E-state index contributed by atoms with van der Waals surface area (Å²) in [6, 6.07) is 18.1. The van der Waals surface area contributed by atoms with E-state index in [1.807, 2.05) is 42.6 Å². The number of aromatic nitrogens is 2. The predicted octanol–water partition coefficient (Wildman–Crippen LogP) is 4.06. The Bertz CT molecular complexity index is 1030. The van der Waals surface area contributed by atoms with Gasteiger partial charge in [0.05, 0.1) is 18.8 Å². The number of urea groups is 1. The van der Waals surface area contributed by atoms with Crippen LogP contribution in [-0.2, 0) is 30.8 Å². The molecule has 2 atom stereocenters. The molecular weight excluding hydrogens is 414 g/mol.